The van der Waals surface area contributed by atoms with Crippen molar-refractivity contribution in [2.75, 3.05) is 4.90 Å². The molecule has 2 aromatic heterocycles. The molecule has 1 aliphatic carbocycles. The third-order valence-corrected chi connectivity index (χ3v) is 12.1. The third kappa shape index (κ3) is 5.66. The molecule has 11 aromatic rings. The van der Waals surface area contributed by atoms with Crippen LogP contribution in [-0.4, -0.2) is 0 Å². The highest BCUT2D eigenvalue weighted by atomic mass is 16.3. The Morgan fingerprint density at radius 2 is 1.02 bits per heavy atom. The van der Waals surface area contributed by atoms with Crippen molar-refractivity contribution >= 4 is 72.9 Å². The minimum atomic E-state index is 0.737. The molecule has 282 valence electrons. The molecule has 0 N–H and O–H groups in total. The highest BCUT2D eigenvalue weighted by Gasteiger charge is 2.23. The molecule has 12 rings (SSSR count). The van der Waals surface area contributed by atoms with Crippen molar-refractivity contribution in [3.8, 4) is 33.4 Å². The Kier molecular flexibility index (Phi) is 7.92. The Balaban J connectivity index is 0.998. The number of para-hydroxylation sites is 2. The zero-order valence-electron chi connectivity index (χ0n) is 32.7. The zero-order chi connectivity index (χ0) is 39.6. The van der Waals surface area contributed by atoms with Crippen LogP contribution in [0.15, 0.2) is 209 Å². The van der Waals surface area contributed by atoms with Gasteiger partial charge < -0.3 is 13.7 Å². The molecule has 0 unspecified atom stereocenters. The fourth-order valence-electron chi connectivity index (χ4n) is 9.24. The molecule has 60 heavy (non-hydrogen) atoms. The summed E-state index contributed by atoms with van der Waals surface area (Å²) < 4.78 is 13.1. The van der Waals surface area contributed by atoms with E-state index in [1.807, 2.05) is 12.1 Å². The molecule has 0 amide bonds. The van der Waals surface area contributed by atoms with Gasteiger partial charge in [-0.25, -0.2) is 0 Å². The molecule has 9 aromatic carbocycles. The van der Waals surface area contributed by atoms with Crippen LogP contribution < -0.4 is 15.3 Å². The maximum Gasteiger partial charge on any atom is 0.137 e. The number of hydrogen-bond donors (Lipinski definition) is 0. The van der Waals surface area contributed by atoms with Crippen LogP contribution in [0.4, 0.5) is 17.1 Å². The summed E-state index contributed by atoms with van der Waals surface area (Å²) in [5, 5.41) is 8.28. The van der Waals surface area contributed by atoms with Crippen LogP contribution >= 0.6 is 0 Å². The van der Waals surface area contributed by atoms with Crippen molar-refractivity contribution in [1.29, 1.82) is 0 Å². The van der Waals surface area contributed by atoms with Gasteiger partial charge in [0.05, 0.1) is 5.69 Å². The fraction of sp³-hybridized carbons (Fsp3) is 0.0175. The molecular weight excluding hydrogens is 731 g/mol. The van der Waals surface area contributed by atoms with Gasteiger partial charge in [0.15, 0.2) is 0 Å². The minimum absolute atomic E-state index is 0.737. The lowest BCUT2D eigenvalue weighted by Gasteiger charge is -2.28. The van der Waals surface area contributed by atoms with E-state index in [2.05, 4.69) is 205 Å². The summed E-state index contributed by atoms with van der Waals surface area (Å²) in [7, 11) is 0. The second-order valence-corrected chi connectivity index (χ2v) is 15.6. The fourth-order valence-corrected chi connectivity index (χ4v) is 9.24. The van der Waals surface area contributed by atoms with E-state index in [1.54, 1.807) is 0 Å². The number of nitrogens with zero attached hydrogens (tertiary/aromatic N) is 1. The molecule has 3 heteroatoms. The molecule has 0 saturated carbocycles. The Hall–Kier alpha value is -7.88. The molecule has 0 fully saturated rings. The van der Waals surface area contributed by atoms with Gasteiger partial charge >= 0.3 is 0 Å². The smallest absolute Gasteiger partial charge is 0.137 e. The number of benzene rings is 9. The maximum absolute atomic E-state index is 6.63. The molecule has 0 saturated heterocycles. The van der Waals surface area contributed by atoms with Gasteiger partial charge in [0.1, 0.15) is 22.5 Å². The van der Waals surface area contributed by atoms with E-state index in [-0.39, 0.29) is 0 Å². The van der Waals surface area contributed by atoms with Gasteiger partial charge in [-0.2, -0.15) is 0 Å². The molecule has 1 aliphatic rings. The van der Waals surface area contributed by atoms with Crippen LogP contribution in [-0.2, 0) is 6.42 Å². The highest BCUT2D eigenvalue weighted by Crippen LogP contribution is 2.46. The van der Waals surface area contributed by atoms with Crippen LogP contribution in [0.5, 0.6) is 0 Å². The number of furan rings is 2. The standard InChI is InChI=1S/C57H37NO2/c1-2-13-42-35-51-54(34-29-37(42)11-1)59-55-22-10-19-50(57(51)55)47-16-5-7-20-52(47)58(44-32-33-49-48-17-6-8-21-53(48)60-56(49)36-44)43-30-27-39(28-31-43)38-23-25-41(26-24-38)46-18-9-14-40-12-3-4-15-45(40)46/h1-33,35-36H,34H2. The lowest BCUT2D eigenvalue weighted by atomic mass is 9.95. The van der Waals surface area contributed by atoms with Crippen LogP contribution in [0.1, 0.15) is 11.3 Å². The third-order valence-electron chi connectivity index (χ3n) is 12.1. The second kappa shape index (κ2) is 13.9. The van der Waals surface area contributed by atoms with Crippen LogP contribution in [0.3, 0.4) is 0 Å². The number of fused-ring (bicyclic) bond motifs is 8. The van der Waals surface area contributed by atoms with E-state index >= 15 is 0 Å². The lowest BCUT2D eigenvalue weighted by molar-refractivity contribution is 0.568. The van der Waals surface area contributed by atoms with Gasteiger partial charge in [0.2, 0.25) is 0 Å². The van der Waals surface area contributed by atoms with Gasteiger partial charge in [-0.1, -0.05) is 158 Å². The molecule has 0 atom stereocenters. The topological polar surface area (TPSA) is 29.5 Å². The molecule has 2 heterocycles. The summed E-state index contributed by atoms with van der Waals surface area (Å²) in [6, 6.07) is 71.6. The SMILES string of the molecule is C1=c2ccccc2=Cc2c(oc3cccc(-c4ccccc4N(c4ccc(-c5ccc(-c6cccc7ccccc67)cc5)cc4)c4ccc5c(c4)oc4ccccc45)c23)C1. The summed E-state index contributed by atoms with van der Waals surface area (Å²) in [6.45, 7) is 0. The van der Waals surface area contributed by atoms with Crippen LogP contribution in [0.25, 0.3) is 89.2 Å². The Morgan fingerprint density at radius 3 is 1.90 bits per heavy atom. The van der Waals surface area contributed by atoms with E-state index < -0.39 is 0 Å². The van der Waals surface area contributed by atoms with Gasteiger partial charge in [0.25, 0.3) is 0 Å². The minimum Gasteiger partial charge on any atom is -0.460 e. The van der Waals surface area contributed by atoms with E-state index in [0.717, 1.165) is 84.4 Å². The zero-order valence-corrected chi connectivity index (χ0v) is 32.7. The van der Waals surface area contributed by atoms with E-state index in [1.165, 1.54) is 37.9 Å². The predicted molar refractivity (Wildman–Crippen MR) is 249 cm³/mol. The predicted octanol–water partition coefficient (Wildman–Crippen LogP) is 14.1. The quantitative estimate of drug-likeness (QED) is 0.169. The van der Waals surface area contributed by atoms with Crippen LogP contribution in [0, 0.1) is 0 Å². The number of hydrogen-bond acceptors (Lipinski definition) is 3. The van der Waals surface area contributed by atoms with Gasteiger partial charge in [0, 0.05) is 51.1 Å². The molecule has 0 radical (unpaired) electrons. The second-order valence-electron chi connectivity index (χ2n) is 15.6. The summed E-state index contributed by atoms with van der Waals surface area (Å²) in [5.74, 6) is 0.985. The van der Waals surface area contributed by atoms with Gasteiger partial charge in [-0.3, -0.25) is 0 Å². The maximum atomic E-state index is 6.63. The van der Waals surface area contributed by atoms with E-state index in [9.17, 15) is 0 Å². The Morgan fingerprint density at radius 1 is 0.400 bits per heavy atom. The van der Waals surface area contributed by atoms with Gasteiger partial charge in [-0.15, -0.1) is 0 Å². The van der Waals surface area contributed by atoms with E-state index in [0.29, 0.717) is 0 Å². The highest BCUT2D eigenvalue weighted by molar-refractivity contribution is 6.08. The number of rotatable bonds is 6. The van der Waals surface area contributed by atoms with Crippen molar-refractivity contribution in [2.24, 2.45) is 0 Å². The lowest BCUT2D eigenvalue weighted by Crippen LogP contribution is -2.22. The average molecular weight is 768 g/mol. The summed E-state index contributed by atoms with van der Waals surface area (Å²) in [5.41, 5.74) is 13.9. The summed E-state index contributed by atoms with van der Waals surface area (Å²) >= 11 is 0. The van der Waals surface area contributed by atoms with Crippen molar-refractivity contribution < 1.29 is 8.83 Å². The first kappa shape index (κ1) is 34.2. The van der Waals surface area contributed by atoms with Gasteiger partial charge in [-0.05, 0) is 97.6 Å². The molecule has 0 spiro atoms. The van der Waals surface area contributed by atoms with Crippen molar-refractivity contribution in [3.63, 3.8) is 0 Å². The van der Waals surface area contributed by atoms with Crippen molar-refractivity contribution in [1.82, 2.24) is 0 Å². The number of anilines is 3. The average Bonchev–Trinajstić information content (AvgIpc) is 3.80. The van der Waals surface area contributed by atoms with Crippen molar-refractivity contribution in [2.45, 2.75) is 6.42 Å². The molecule has 0 bridgehead atoms. The first-order chi connectivity index (χ1) is 29.7. The molecule has 3 nitrogen and oxygen atoms in total. The largest absolute Gasteiger partial charge is 0.460 e. The van der Waals surface area contributed by atoms with Crippen molar-refractivity contribution in [3.05, 3.63) is 222 Å². The first-order valence-corrected chi connectivity index (χ1v) is 20.5. The van der Waals surface area contributed by atoms with E-state index in [4.69, 9.17) is 8.83 Å². The Labute approximate surface area is 347 Å². The van der Waals surface area contributed by atoms with Crippen LogP contribution in [0.2, 0.25) is 0 Å². The summed E-state index contributed by atoms with van der Waals surface area (Å²) in [4.78, 5) is 2.36. The monoisotopic (exact) mass is 767 g/mol. The normalized spacial score (nSPS) is 12.2. The molecular formula is C57H37NO2. The first-order valence-electron chi connectivity index (χ1n) is 20.5. The Bertz CT molecular complexity index is 3570. The molecule has 0 aliphatic heterocycles. The summed E-state index contributed by atoms with van der Waals surface area (Å²) in [6.07, 6.45) is 5.31.